The molecule has 160 valence electrons. The summed E-state index contributed by atoms with van der Waals surface area (Å²) < 4.78 is 51.9. The zero-order chi connectivity index (χ0) is 21.8. The molecule has 1 amide bonds. The molecule has 31 heavy (non-hydrogen) atoms. The highest BCUT2D eigenvalue weighted by atomic mass is 32.2. The molecule has 7 nitrogen and oxygen atoms in total. The highest BCUT2D eigenvalue weighted by Gasteiger charge is 2.28. The number of ether oxygens (including phenoxy) is 2. The van der Waals surface area contributed by atoms with Gasteiger partial charge < -0.3 is 14.8 Å². The molecule has 0 radical (unpaired) electrons. The summed E-state index contributed by atoms with van der Waals surface area (Å²) in [7, 11) is -4.06. The molecule has 1 aliphatic heterocycles. The van der Waals surface area contributed by atoms with E-state index >= 15 is 0 Å². The van der Waals surface area contributed by atoms with Crippen LogP contribution in [0.4, 0.5) is 15.8 Å². The fraction of sp³-hybridized carbons (Fsp3) is 0.136. The third kappa shape index (κ3) is 4.61. The first-order valence-electron chi connectivity index (χ1n) is 9.46. The van der Waals surface area contributed by atoms with Gasteiger partial charge in [-0.1, -0.05) is 18.2 Å². The van der Waals surface area contributed by atoms with Crippen molar-refractivity contribution in [3.8, 4) is 11.5 Å². The van der Waals surface area contributed by atoms with Crippen LogP contribution in [0.15, 0.2) is 77.7 Å². The van der Waals surface area contributed by atoms with Crippen molar-refractivity contribution in [2.24, 2.45) is 0 Å². The Hall–Kier alpha value is -3.59. The molecule has 3 aromatic rings. The van der Waals surface area contributed by atoms with Crippen molar-refractivity contribution in [1.29, 1.82) is 0 Å². The number of nitrogens with zero attached hydrogens (tertiary/aromatic N) is 1. The summed E-state index contributed by atoms with van der Waals surface area (Å²) in [6.07, 6.45) is 0. The molecule has 0 bridgehead atoms. The van der Waals surface area contributed by atoms with E-state index in [1.807, 2.05) is 0 Å². The molecular formula is C22H19FN2O5S. The average molecular weight is 442 g/mol. The van der Waals surface area contributed by atoms with Crippen LogP contribution in [0.5, 0.6) is 11.5 Å². The van der Waals surface area contributed by atoms with Gasteiger partial charge in [0.1, 0.15) is 25.6 Å². The Morgan fingerprint density at radius 3 is 2.32 bits per heavy atom. The van der Waals surface area contributed by atoms with Crippen LogP contribution in [0.25, 0.3) is 0 Å². The molecule has 3 aromatic carbocycles. The van der Waals surface area contributed by atoms with Gasteiger partial charge in [0.25, 0.3) is 10.0 Å². The summed E-state index contributed by atoms with van der Waals surface area (Å²) in [6.45, 7) is 0.250. The standard InChI is InChI=1S/C22H19FN2O5S/c23-16-6-8-17(9-7-16)24-22(26)15-25(31(27,28)19-4-2-1-3-5-19)18-10-11-20-21(14-18)30-13-12-29-20/h1-11,14H,12-13,15H2,(H,24,26). The average Bonchev–Trinajstić information content (AvgIpc) is 2.79. The van der Waals surface area contributed by atoms with E-state index in [1.54, 1.807) is 30.3 Å². The second kappa shape index (κ2) is 8.65. The second-order valence-electron chi connectivity index (χ2n) is 6.71. The maximum atomic E-state index is 13.4. The molecular weight excluding hydrogens is 423 g/mol. The third-order valence-electron chi connectivity index (χ3n) is 4.56. The minimum Gasteiger partial charge on any atom is -0.486 e. The van der Waals surface area contributed by atoms with E-state index in [1.165, 1.54) is 42.5 Å². The van der Waals surface area contributed by atoms with E-state index in [-0.39, 0.29) is 10.6 Å². The molecule has 1 aliphatic rings. The lowest BCUT2D eigenvalue weighted by atomic mass is 10.2. The van der Waals surface area contributed by atoms with Crippen molar-refractivity contribution in [3.05, 3.63) is 78.6 Å². The number of fused-ring (bicyclic) bond motifs is 1. The number of anilines is 2. The molecule has 0 fully saturated rings. The van der Waals surface area contributed by atoms with E-state index < -0.39 is 28.3 Å². The van der Waals surface area contributed by atoms with Crippen molar-refractivity contribution < 1.29 is 27.1 Å². The Morgan fingerprint density at radius 2 is 1.61 bits per heavy atom. The van der Waals surface area contributed by atoms with Crippen LogP contribution in [0, 0.1) is 5.82 Å². The SMILES string of the molecule is O=C(CN(c1ccc2c(c1)OCCO2)S(=O)(=O)c1ccccc1)Nc1ccc(F)cc1. The number of hydrogen-bond acceptors (Lipinski definition) is 5. The van der Waals surface area contributed by atoms with Crippen LogP contribution in [-0.4, -0.2) is 34.1 Å². The van der Waals surface area contributed by atoms with Crippen LogP contribution in [0.3, 0.4) is 0 Å². The normalized spacial score (nSPS) is 12.8. The Morgan fingerprint density at radius 1 is 0.935 bits per heavy atom. The molecule has 0 saturated heterocycles. The Bertz CT molecular complexity index is 1180. The molecule has 0 saturated carbocycles. The lowest BCUT2D eigenvalue weighted by Gasteiger charge is -2.26. The van der Waals surface area contributed by atoms with Gasteiger partial charge in [0.05, 0.1) is 10.6 Å². The lowest BCUT2D eigenvalue weighted by Crippen LogP contribution is -2.38. The molecule has 0 atom stereocenters. The van der Waals surface area contributed by atoms with Crippen LogP contribution >= 0.6 is 0 Å². The number of nitrogens with one attached hydrogen (secondary N) is 1. The highest BCUT2D eigenvalue weighted by molar-refractivity contribution is 7.92. The molecule has 0 aromatic heterocycles. The van der Waals surface area contributed by atoms with E-state index in [9.17, 15) is 17.6 Å². The molecule has 4 rings (SSSR count). The third-order valence-corrected chi connectivity index (χ3v) is 6.35. The van der Waals surface area contributed by atoms with Gasteiger partial charge in [0.15, 0.2) is 11.5 Å². The van der Waals surface area contributed by atoms with E-state index in [2.05, 4.69) is 5.32 Å². The fourth-order valence-electron chi connectivity index (χ4n) is 3.09. The second-order valence-corrected chi connectivity index (χ2v) is 8.57. The monoisotopic (exact) mass is 442 g/mol. The number of rotatable bonds is 6. The zero-order valence-corrected chi connectivity index (χ0v) is 17.1. The Balaban J connectivity index is 1.67. The zero-order valence-electron chi connectivity index (χ0n) is 16.3. The quantitative estimate of drug-likeness (QED) is 0.632. The topological polar surface area (TPSA) is 84.9 Å². The van der Waals surface area contributed by atoms with Crippen molar-refractivity contribution in [3.63, 3.8) is 0 Å². The largest absolute Gasteiger partial charge is 0.486 e. The summed E-state index contributed by atoms with van der Waals surface area (Å²) in [6, 6.07) is 17.7. The predicted octanol–water partition coefficient (Wildman–Crippen LogP) is 3.43. The van der Waals surface area contributed by atoms with Crippen LogP contribution in [0.1, 0.15) is 0 Å². The number of carbonyl (C=O) groups is 1. The van der Waals surface area contributed by atoms with Gasteiger partial charge >= 0.3 is 0 Å². The summed E-state index contributed by atoms with van der Waals surface area (Å²) in [5.74, 6) is -0.123. The number of halogens is 1. The first kappa shape index (κ1) is 20.7. The van der Waals surface area contributed by atoms with Gasteiger partial charge in [-0.25, -0.2) is 12.8 Å². The van der Waals surface area contributed by atoms with Gasteiger partial charge in [0, 0.05) is 11.8 Å². The minimum atomic E-state index is -4.06. The Kier molecular flexibility index (Phi) is 5.77. The summed E-state index contributed by atoms with van der Waals surface area (Å²) in [5.41, 5.74) is 0.605. The van der Waals surface area contributed by atoms with Crippen molar-refractivity contribution in [1.82, 2.24) is 0 Å². The minimum absolute atomic E-state index is 0.0412. The van der Waals surface area contributed by atoms with Gasteiger partial charge in [-0.05, 0) is 48.5 Å². The van der Waals surface area contributed by atoms with Gasteiger partial charge in [-0.2, -0.15) is 0 Å². The summed E-state index contributed by atoms with van der Waals surface area (Å²) >= 11 is 0. The van der Waals surface area contributed by atoms with E-state index in [0.717, 1.165) is 4.31 Å². The van der Waals surface area contributed by atoms with Crippen LogP contribution in [-0.2, 0) is 14.8 Å². The molecule has 0 aliphatic carbocycles. The van der Waals surface area contributed by atoms with E-state index in [4.69, 9.17) is 9.47 Å². The fourth-order valence-corrected chi connectivity index (χ4v) is 4.52. The molecule has 0 spiro atoms. The molecule has 1 N–H and O–H groups in total. The predicted molar refractivity (Wildman–Crippen MR) is 113 cm³/mol. The number of benzene rings is 3. The smallest absolute Gasteiger partial charge is 0.264 e. The molecule has 1 heterocycles. The molecule has 9 heteroatoms. The maximum Gasteiger partial charge on any atom is 0.264 e. The molecule has 0 unspecified atom stereocenters. The number of carbonyl (C=O) groups excluding carboxylic acids is 1. The highest BCUT2D eigenvalue weighted by Crippen LogP contribution is 2.35. The van der Waals surface area contributed by atoms with Gasteiger partial charge in [-0.3, -0.25) is 9.10 Å². The van der Waals surface area contributed by atoms with Crippen molar-refractivity contribution >= 4 is 27.3 Å². The number of sulfonamides is 1. The van der Waals surface area contributed by atoms with Crippen LogP contribution < -0.4 is 19.1 Å². The number of amides is 1. The maximum absolute atomic E-state index is 13.4. The number of hydrogen-bond donors (Lipinski definition) is 1. The first-order chi connectivity index (χ1) is 14.9. The van der Waals surface area contributed by atoms with Gasteiger partial charge in [0.2, 0.25) is 5.91 Å². The summed E-state index contributed by atoms with van der Waals surface area (Å²) in [5, 5.41) is 2.59. The van der Waals surface area contributed by atoms with Crippen molar-refractivity contribution in [2.75, 3.05) is 29.4 Å². The van der Waals surface area contributed by atoms with Crippen molar-refractivity contribution in [2.45, 2.75) is 4.90 Å². The lowest BCUT2D eigenvalue weighted by molar-refractivity contribution is -0.114. The first-order valence-corrected chi connectivity index (χ1v) is 10.9. The van der Waals surface area contributed by atoms with Crippen LogP contribution in [0.2, 0.25) is 0 Å². The summed E-state index contributed by atoms with van der Waals surface area (Å²) in [4.78, 5) is 12.7. The Labute approximate surface area is 179 Å². The van der Waals surface area contributed by atoms with Gasteiger partial charge in [-0.15, -0.1) is 0 Å². The van der Waals surface area contributed by atoms with E-state index in [0.29, 0.717) is 30.4 Å².